The maximum atomic E-state index is 14.5. The minimum atomic E-state index is -1.14. The quantitative estimate of drug-likeness (QED) is 0.598. The fourth-order valence-electron chi connectivity index (χ4n) is 2.51. The predicted octanol–water partition coefficient (Wildman–Crippen LogP) is 5.32. The van der Waals surface area contributed by atoms with Crippen LogP contribution in [0.1, 0.15) is 19.2 Å². The summed E-state index contributed by atoms with van der Waals surface area (Å²) in [5, 5.41) is 0. The van der Waals surface area contributed by atoms with Crippen LogP contribution in [0.2, 0.25) is 0 Å². The molecule has 0 unspecified atom stereocenters. The first-order chi connectivity index (χ1) is 12.0. The van der Waals surface area contributed by atoms with Gasteiger partial charge in [-0.2, -0.15) is 0 Å². The van der Waals surface area contributed by atoms with E-state index in [0.717, 1.165) is 18.6 Å². The van der Waals surface area contributed by atoms with Crippen molar-refractivity contribution >= 4 is 0 Å². The number of nitrogens with zero attached hydrogens (tertiary/aromatic N) is 2. The van der Waals surface area contributed by atoms with Crippen LogP contribution < -0.4 is 0 Å². The molecule has 2 nitrogen and oxygen atoms in total. The van der Waals surface area contributed by atoms with Gasteiger partial charge in [0.2, 0.25) is 0 Å². The Morgan fingerprint density at radius 1 is 0.760 bits per heavy atom. The van der Waals surface area contributed by atoms with E-state index < -0.39 is 23.3 Å². The molecule has 25 heavy (non-hydrogen) atoms. The number of hydrogen-bond acceptors (Lipinski definition) is 2. The van der Waals surface area contributed by atoms with E-state index in [1.807, 2.05) is 6.92 Å². The van der Waals surface area contributed by atoms with E-state index in [1.54, 1.807) is 0 Å². The second-order valence-electron chi connectivity index (χ2n) is 5.56. The summed E-state index contributed by atoms with van der Waals surface area (Å²) < 4.78 is 55.2. The van der Waals surface area contributed by atoms with Crippen LogP contribution in [0.3, 0.4) is 0 Å². The van der Waals surface area contributed by atoms with Crippen LogP contribution in [0.4, 0.5) is 17.6 Å². The molecule has 0 saturated heterocycles. The number of benzene rings is 2. The van der Waals surface area contributed by atoms with Gasteiger partial charge in [-0.15, -0.1) is 0 Å². The van der Waals surface area contributed by atoms with Gasteiger partial charge >= 0.3 is 0 Å². The minimum absolute atomic E-state index is 0.00637. The first-order valence-electron chi connectivity index (χ1n) is 7.76. The highest BCUT2D eigenvalue weighted by Gasteiger charge is 2.17. The summed E-state index contributed by atoms with van der Waals surface area (Å²) in [7, 11) is 0. The molecule has 0 bridgehead atoms. The lowest BCUT2D eigenvalue weighted by Gasteiger charge is -2.09. The monoisotopic (exact) mass is 346 g/mol. The molecule has 0 aliphatic heterocycles. The standard InChI is InChI=1S/C19H14F4N2/c1-2-3-17-24-9-12(10-25-17)14-6-5-13(18(22)19(14)23)11-4-7-15(20)16(21)8-11/h4-10H,2-3H2,1H3. The Kier molecular flexibility index (Phi) is 4.79. The maximum absolute atomic E-state index is 14.5. The SMILES string of the molecule is CCCc1ncc(-c2ccc(-c3ccc(F)c(F)c3)c(F)c2F)cn1. The third-order valence-corrected chi connectivity index (χ3v) is 3.80. The topological polar surface area (TPSA) is 25.8 Å². The van der Waals surface area contributed by atoms with Gasteiger partial charge in [-0.3, -0.25) is 0 Å². The molecule has 1 aromatic heterocycles. The van der Waals surface area contributed by atoms with E-state index in [0.29, 0.717) is 17.8 Å². The third kappa shape index (κ3) is 3.38. The molecule has 0 aliphatic rings. The summed E-state index contributed by atoms with van der Waals surface area (Å²) in [6.07, 6.45) is 4.46. The number of aromatic nitrogens is 2. The van der Waals surface area contributed by atoms with Crippen LogP contribution in [0, 0.1) is 23.3 Å². The van der Waals surface area contributed by atoms with Crippen LogP contribution in [0.15, 0.2) is 42.7 Å². The summed E-state index contributed by atoms with van der Waals surface area (Å²) >= 11 is 0. The van der Waals surface area contributed by atoms with Gasteiger partial charge < -0.3 is 0 Å². The molecule has 2 aromatic carbocycles. The van der Waals surface area contributed by atoms with Gasteiger partial charge in [0.15, 0.2) is 23.3 Å². The predicted molar refractivity (Wildman–Crippen MR) is 86.7 cm³/mol. The zero-order chi connectivity index (χ0) is 18.0. The van der Waals surface area contributed by atoms with E-state index in [-0.39, 0.29) is 16.7 Å². The fraction of sp³-hybridized carbons (Fsp3) is 0.158. The van der Waals surface area contributed by atoms with Crippen molar-refractivity contribution in [1.82, 2.24) is 9.97 Å². The highest BCUT2D eigenvalue weighted by atomic mass is 19.2. The highest BCUT2D eigenvalue weighted by molar-refractivity contribution is 5.71. The van der Waals surface area contributed by atoms with Gasteiger partial charge in [-0.05, 0) is 24.1 Å². The Labute approximate surface area is 142 Å². The van der Waals surface area contributed by atoms with Crippen LogP contribution in [0.25, 0.3) is 22.3 Å². The molecule has 1 heterocycles. The molecule has 128 valence electrons. The van der Waals surface area contributed by atoms with Crippen molar-refractivity contribution in [2.75, 3.05) is 0 Å². The smallest absolute Gasteiger partial charge is 0.167 e. The van der Waals surface area contributed by atoms with Crippen LogP contribution in [-0.4, -0.2) is 9.97 Å². The summed E-state index contributed by atoms with van der Waals surface area (Å²) in [4.78, 5) is 8.25. The number of halogens is 4. The minimum Gasteiger partial charge on any atom is -0.241 e. The lowest BCUT2D eigenvalue weighted by molar-refractivity contribution is 0.507. The van der Waals surface area contributed by atoms with Crippen LogP contribution in [0.5, 0.6) is 0 Å². The molecular weight excluding hydrogens is 332 g/mol. The van der Waals surface area contributed by atoms with E-state index in [1.165, 1.54) is 30.6 Å². The lowest BCUT2D eigenvalue weighted by atomic mass is 10.00. The normalized spacial score (nSPS) is 10.9. The van der Waals surface area contributed by atoms with E-state index in [4.69, 9.17) is 0 Å². The maximum Gasteiger partial charge on any atom is 0.167 e. The highest BCUT2D eigenvalue weighted by Crippen LogP contribution is 2.31. The molecule has 3 rings (SSSR count). The third-order valence-electron chi connectivity index (χ3n) is 3.80. The number of rotatable bonds is 4. The summed E-state index contributed by atoms with van der Waals surface area (Å²) in [6.45, 7) is 1.99. The number of aryl methyl sites for hydroxylation is 1. The largest absolute Gasteiger partial charge is 0.241 e. The van der Waals surface area contributed by atoms with E-state index in [9.17, 15) is 17.6 Å². The van der Waals surface area contributed by atoms with Gasteiger partial charge in [0, 0.05) is 35.5 Å². The molecule has 3 aromatic rings. The van der Waals surface area contributed by atoms with Gasteiger partial charge in [0.1, 0.15) is 5.82 Å². The molecule has 0 radical (unpaired) electrons. The van der Waals surface area contributed by atoms with Gasteiger partial charge in [-0.1, -0.05) is 25.1 Å². The Balaban J connectivity index is 2.01. The fourth-order valence-corrected chi connectivity index (χ4v) is 2.51. The molecule has 0 spiro atoms. The van der Waals surface area contributed by atoms with Crippen molar-refractivity contribution in [1.29, 1.82) is 0 Å². The Bertz CT molecular complexity index is 908. The van der Waals surface area contributed by atoms with Gasteiger partial charge in [0.25, 0.3) is 0 Å². The summed E-state index contributed by atoms with van der Waals surface area (Å²) in [5.74, 6) is -3.77. The first kappa shape index (κ1) is 17.1. The molecule has 0 N–H and O–H groups in total. The van der Waals surface area contributed by atoms with Crippen molar-refractivity contribution in [3.8, 4) is 22.3 Å². The van der Waals surface area contributed by atoms with Crippen molar-refractivity contribution < 1.29 is 17.6 Å². The van der Waals surface area contributed by atoms with Crippen molar-refractivity contribution in [2.45, 2.75) is 19.8 Å². The Morgan fingerprint density at radius 2 is 1.36 bits per heavy atom. The molecular formula is C19H14F4N2. The van der Waals surface area contributed by atoms with Gasteiger partial charge in [-0.25, -0.2) is 27.5 Å². The second kappa shape index (κ2) is 7.01. The first-order valence-corrected chi connectivity index (χ1v) is 7.76. The molecule has 0 saturated carbocycles. The Hall–Kier alpha value is -2.76. The summed E-state index contributed by atoms with van der Waals surface area (Å²) in [5.41, 5.74) is 0.250. The Morgan fingerprint density at radius 3 is 1.92 bits per heavy atom. The average molecular weight is 346 g/mol. The van der Waals surface area contributed by atoms with E-state index >= 15 is 0 Å². The van der Waals surface area contributed by atoms with Crippen LogP contribution >= 0.6 is 0 Å². The second-order valence-corrected chi connectivity index (χ2v) is 5.56. The molecule has 0 fully saturated rings. The van der Waals surface area contributed by atoms with Crippen LogP contribution in [-0.2, 0) is 6.42 Å². The zero-order valence-electron chi connectivity index (χ0n) is 13.4. The summed E-state index contributed by atoms with van der Waals surface area (Å²) in [6, 6.07) is 5.58. The molecule has 0 aliphatic carbocycles. The lowest BCUT2D eigenvalue weighted by Crippen LogP contribution is -1.98. The number of hydrogen-bond donors (Lipinski definition) is 0. The molecule has 6 heteroatoms. The van der Waals surface area contributed by atoms with Crippen molar-refractivity contribution in [3.63, 3.8) is 0 Å². The molecule has 0 amide bonds. The molecule has 0 atom stereocenters. The average Bonchev–Trinajstić information content (AvgIpc) is 2.61. The zero-order valence-corrected chi connectivity index (χ0v) is 13.4. The van der Waals surface area contributed by atoms with Crippen molar-refractivity contribution in [2.24, 2.45) is 0 Å². The van der Waals surface area contributed by atoms with Gasteiger partial charge in [0.05, 0.1) is 0 Å². The van der Waals surface area contributed by atoms with Crippen molar-refractivity contribution in [3.05, 3.63) is 71.8 Å². The van der Waals surface area contributed by atoms with E-state index in [2.05, 4.69) is 9.97 Å².